The summed E-state index contributed by atoms with van der Waals surface area (Å²) < 4.78 is 1.67. The molecule has 1 saturated carbocycles. The van der Waals surface area contributed by atoms with Crippen molar-refractivity contribution in [1.29, 1.82) is 0 Å². The van der Waals surface area contributed by atoms with Gasteiger partial charge in [0.05, 0.1) is 17.1 Å². The van der Waals surface area contributed by atoms with Crippen LogP contribution >= 0.6 is 11.6 Å². The molecule has 0 saturated heterocycles. The van der Waals surface area contributed by atoms with Crippen LogP contribution in [0.3, 0.4) is 0 Å². The molecular weight excluding hydrogens is 472 g/mol. The molecule has 0 aliphatic heterocycles. The quantitative estimate of drug-likeness (QED) is 0.408. The number of hydrogen-bond acceptors (Lipinski definition) is 5. The Kier molecular flexibility index (Phi) is 5.36. The van der Waals surface area contributed by atoms with Crippen molar-refractivity contribution in [2.24, 2.45) is 0 Å². The fourth-order valence-corrected chi connectivity index (χ4v) is 6.17. The molecule has 3 heterocycles. The van der Waals surface area contributed by atoms with Crippen LogP contribution in [0.15, 0.2) is 59.7 Å². The summed E-state index contributed by atoms with van der Waals surface area (Å²) >= 11 is 6.81. The fourth-order valence-electron chi connectivity index (χ4n) is 5.90. The summed E-state index contributed by atoms with van der Waals surface area (Å²) in [5.41, 5.74) is 7.26. The topological polar surface area (TPSA) is 80.9 Å². The minimum absolute atomic E-state index is 0.111. The van der Waals surface area contributed by atoms with E-state index in [2.05, 4.69) is 45.3 Å². The lowest BCUT2D eigenvalue weighted by atomic mass is 9.92. The SMILES string of the molecule is Cc1cnc(-c2ccnc(C(C)O)n2)cc1-n1c(C)cc(C2CC23CCc2ccccc23)c(Cl)c1=O. The van der Waals surface area contributed by atoms with Crippen LogP contribution in [-0.2, 0) is 11.8 Å². The number of aryl methyl sites for hydroxylation is 3. The summed E-state index contributed by atoms with van der Waals surface area (Å²) in [7, 11) is 0. The predicted molar refractivity (Wildman–Crippen MR) is 140 cm³/mol. The van der Waals surface area contributed by atoms with Gasteiger partial charge in [0.1, 0.15) is 11.1 Å². The van der Waals surface area contributed by atoms with Gasteiger partial charge < -0.3 is 5.11 Å². The average Bonchev–Trinajstić information content (AvgIpc) is 3.49. The third kappa shape index (κ3) is 3.51. The van der Waals surface area contributed by atoms with Crippen LogP contribution in [-0.4, -0.2) is 24.6 Å². The van der Waals surface area contributed by atoms with Gasteiger partial charge in [-0.05, 0) is 86.4 Å². The van der Waals surface area contributed by atoms with Crippen molar-refractivity contribution in [1.82, 2.24) is 19.5 Å². The highest BCUT2D eigenvalue weighted by Crippen LogP contribution is 2.66. The number of hydrogen-bond donors (Lipinski definition) is 1. The standard InChI is InChI=1S/C29H27ClN4O2/c1-16-15-32-24(23-9-11-31-27(33-23)18(3)35)13-25(16)34-17(2)12-20(26(30)28(34)36)22-14-29(22)10-8-19-6-4-5-7-21(19)29/h4-7,9,11-13,15,18,22,35H,8,10,14H2,1-3H3. The zero-order chi connectivity index (χ0) is 25.2. The molecule has 2 aliphatic rings. The Labute approximate surface area is 214 Å². The highest BCUT2D eigenvalue weighted by Gasteiger charge is 2.59. The molecule has 1 N–H and O–H groups in total. The summed E-state index contributed by atoms with van der Waals surface area (Å²) in [5, 5.41) is 10.2. The molecule has 2 aliphatic carbocycles. The summed E-state index contributed by atoms with van der Waals surface area (Å²) in [6, 6.07) is 14.3. The summed E-state index contributed by atoms with van der Waals surface area (Å²) in [5.74, 6) is 0.590. The van der Waals surface area contributed by atoms with Crippen LogP contribution in [0, 0.1) is 13.8 Å². The largest absolute Gasteiger partial charge is 0.385 e. The van der Waals surface area contributed by atoms with E-state index in [1.54, 1.807) is 30.0 Å². The monoisotopic (exact) mass is 498 g/mol. The Morgan fingerprint density at radius 1 is 1.14 bits per heavy atom. The Balaban J connectivity index is 1.42. The van der Waals surface area contributed by atoms with Gasteiger partial charge in [-0.15, -0.1) is 0 Å². The van der Waals surface area contributed by atoms with E-state index in [-0.39, 0.29) is 16.9 Å². The molecular formula is C29H27ClN4O2. The van der Waals surface area contributed by atoms with Crippen molar-refractivity contribution >= 4 is 11.6 Å². The van der Waals surface area contributed by atoms with E-state index >= 15 is 0 Å². The van der Waals surface area contributed by atoms with E-state index < -0.39 is 6.10 Å². The Morgan fingerprint density at radius 3 is 2.75 bits per heavy atom. The number of nitrogens with zero attached hydrogens (tertiary/aromatic N) is 4. The minimum atomic E-state index is -0.788. The molecule has 0 radical (unpaired) electrons. The molecule has 3 atom stereocenters. The van der Waals surface area contributed by atoms with Gasteiger partial charge in [-0.2, -0.15) is 0 Å². The van der Waals surface area contributed by atoms with E-state index in [4.69, 9.17) is 11.6 Å². The lowest BCUT2D eigenvalue weighted by Crippen LogP contribution is -2.24. The van der Waals surface area contributed by atoms with E-state index in [0.717, 1.165) is 36.1 Å². The third-order valence-corrected chi connectivity index (χ3v) is 8.21. The number of rotatable bonds is 4. The van der Waals surface area contributed by atoms with Crippen LogP contribution in [0.1, 0.15) is 65.6 Å². The molecule has 3 aromatic heterocycles. The highest BCUT2D eigenvalue weighted by molar-refractivity contribution is 6.31. The second-order valence-electron chi connectivity index (χ2n) is 10.1. The van der Waals surface area contributed by atoms with Crippen molar-refractivity contribution in [3.8, 4) is 17.1 Å². The van der Waals surface area contributed by atoms with E-state index in [9.17, 15) is 9.90 Å². The molecule has 4 aromatic rings. The predicted octanol–water partition coefficient (Wildman–Crippen LogP) is 5.38. The number of benzene rings is 1. The zero-order valence-electron chi connectivity index (χ0n) is 20.5. The van der Waals surface area contributed by atoms with Crippen LogP contribution in [0.25, 0.3) is 17.1 Å². The van der Waals surface area contributed by atoms with E-state index in [1.807, 2.05) is 19.9 Å². The maximum absolute atomic E-state index is 13.7. The Bertz CT molecular complexity index is 1580. The molecule has 0 amide bonds. The maximum Gasteiger partial charge on any atom is 0.274 e. The average molecular weight is 499 g/mol. The van der Waals surface area contributed by atoms with E-state index in [0.29, 0.717) is 27.9 Å². The first-order valence-electron chi connectivity index (χ1n) is 12.3. The van der Waals surface area contributed by atoms with Crippen LogP contribution in [0.5, 0.6) is 0 Å². The maximum atomic E-state index is 13.7. The summed E-state index contributed by atoms with van der Waals surface area (Å²) in [6.45, 7) is 5.49. The molecule has 182 valence electrons. The molecule has 1 fully saturated rings. The van der Waals surface area contributed by atoms with Gasteiger partial charge in [0, 0.05) is 23.5 Å². The molecule has 0 bridgehead atoms. The summed E-state index contributed by atoms with van der Waals surface area (Å²) in [6.07, 6.45) is 5.76. The Morgan fingerprint density at radius 2 is 1.94 bits per heavy atom. The molecule has 1 spiro atoms. The van der Waals surface area contributed by atoms with E-state index in [1.165, 1.54) is 11.1 Å². The molecule has 6 rings (SSSR count). The van der Waals surface area contributed by atoms with Crippen LogP contribution < -0.4 is 5.56 Å². The smallest absolute Gasteiger partial charge is 0.274 e. The van der Waals surface area contributed by atoms with Crippen molar-refractivity contribution in [3.05, 3.63) is 104 Å². The number of fused-ring (bicyclic) bond motifs is 2. The molecule has 7 heteroatoms. The second-order valence-corrected chi connectivity index (χ2v) is 10.5. The molecule has 36 heavy (non-hydrogen) atoms. The lowest BCUT2D eigenvalue weighted by molar-refractivity contribution is 0.189. The van der Waals surface area contributed by atoms with Gasteiger partial charge in [-0.25, -0.2) is 9.97 Å². The van der Waals surface area contributed by atoms with Gasteiger partial charge in [-0.3, -0.25) is 14.3 Å². The molecule has 6 nitrogen and oxygen atoms in total. The van der Waals surface area contributed by atoms with Crippen molar-refractivity contribution < 1.29 is 5.11 Å². The number of pyridine rings is 2. The van der Waals surface area contributed by atoms with Crippen molar-refractivity contribution in [2.45, 2.75) is 57.5 Å². The Hall–Kier alpha value is -3.35. The van der Waals surface area contributed by atoms with Gasteiger partial charge >= 0.3 is 0 Å². The third-order valence-electron chi connectivity index (χ3n) is 7.83. The summed E-state index contributed by atoms with van der Waals surface area (Å²) in [4.78, 5) is 26.8. The first-order valence-corrected chi connectivity index (χ1v) is 12.7. The minimum Gasteiger partial charge on any atom is -0.385 e. The van der Waals surface area contributed by atoms with Crippen LogP contribution in [0.2, 0.25) is 5.02 Å². The molecule has 3 unspecified atom stereocenters. The number of aliphatic hydroxyl groups is 1. The lowest BCUT2D eigenvalue weighted by Gasteiger charge is -2.18. The first kappa shape index (κ1) is 23.1. The van der Waals surface area contributed by atoms with Crippen molar-refractivity contribution in [3.63, 3.8) is 0 Å². The van der Waals surface area contributed by atoms with Gasteiger partial charge in [0.2, 0.25) is 0 Å². The van der Waals surface area contributed by atoms with Gasteiger partial charge in [0.15, 0.2) is 5.82 Å². The highest BCUT2D eigenvalue weighted by atomic mass is 35.5. The fraction of sp³-hybridized carbons (Fsp3) is 0.310. The number of aliphatic hydroxyl groups excluding tert-OH is 1. The van der Waals surface area contributed by atoms with Crippen LogP contribution in [0.4, 0.5) is 0 Å². The normalized spacial score (nSPS) is 21.0. The number of aromatic nitrogens is 4. The second kappa shape index (κ2) is 8.36. The first-order chi connectivity index (χ1) is 17.3. The van der Waals surface area contributed by atoms with Crippen molar-refractivity contribution in [2.75, 3.05) is 0 Å². The van der Waals surface area contributed by atoms with Gasteiger partial charge in [0.25, 0.3) is 5.56 Å². The zero-order valence-corrected chi connectivity index (χ0v) is 21.3. The number of halogens is 1. The van der Waals surface area contributed by atoms with Gasteiger partial charge in [-0.1, -0.05) is 35.9 Å². The molecule has 1 aromatic carbocycles.